The van der Waals surface area contributed by atoms with Crippen LogP contribution in [0.1, 0.15) is 29.5 Å². The highest BCUT2D eigenvalue weighted by Crippen LogP contribution is 2.42. The molecule has 0 aromatic heterocycles. The Morgan fingerprint density at radius 2 is 1.55 bits per heavy atom. The van der Waals surface area contributed by atoms with Gasteiger partial charge in [0, 0.05) is 0 Å². The minimum atomic E-state index is 0.749. The Kier molecular flexibility index (Phi) is 3.59. The summed E-state index contributed by atoms with van der Waals surface area (Å²) in [6.07, 6.45) is 3.75. The van der Waals surface area contributed by atoms with Crippen LogP contribution < -0.4 is 0 Å². The molecule has 0 unspecified atom stereocenters. The SMILES string of the molecule is CN1CCC(C2=C(c3ccccc3)c3ccccc3C2)CC1. The fourth-order valence-electron chi connectivity index (χ4n) is 4.04. The van der Waals surface area contributed by atoms with Crippen LogP contribution in [0.5, 0.6) is 0 Å². The molecule has 22 heavy (non-hydrogen) atoms. The molecule has 1 saturated heterocycles. The van der Waals surface area contributed by atoms with Gasteiger partial charge in [-0.3, -0.25) is 0 Å². The van der Waals surface area contributed by atoms with Crippen molar-refractivity contribution in [3.8, 4) is 0 Å². The molecule has 0 atom stereocenters. The van der Waals surface area contributed by atoms with E-state index >= 15 is 0 Å². The second-order valence-electron chi connectivity index (χ2n) is 6.68. The first-order valence-corrected chi connectivity index (χ1v) is 8.38. The number of fused-ring (bicyclic) bond motifs is 1. The highest BCUT2D eigenvalue weighted by Gasteiger charge is 2.29. The van der Waals surface area contributed by atoms with Gasteiger partial charge in [0.25, 0.3) is 0 Å². The van der Waals surface area contributed by atoms with E-state index in [4.69, 9.17) is 0 Å². The predicted molar refractivity (Wildman–Crippen MR) is 92.8 cm³/mol. The average molecular weight is 289 g/mol. The topological polar surface area (TPSA) is 3.24 Å². The van der Waals surface area contributed by atoms with E-state index in [0.717, 1.165) is 12.3 Å². The Morgan fingerprint density at radius 3 is 2.32 bits per heavy atom. The summed E-state index contributed by atoms with van der Waals surface area (Å²) in [6.45, 7) is 2.46. The molecule has 1 heterocycles. The van der Waals surface area contributed by atoms with Gasteiger partial charge in [0.05, 0.1) is 0 Å². The number of rotatable bonds is 2. The van der Waals surface area contributed by atoms with Gasteiger partial charge in [0.2, 0.25) is 0 Å². The molecule has 112 valence electrons. The summed E-state index contributed by atoms with van der Waals surface area (Å²) in [6, 6.07) is 19.9. The van der Waals surface area contributed by atoms with Crippen LogP contribution in [0.2, 0.25) is 0 Å². The van der Waals surface area contributed by atoms with Gasteiger partial charge in [-0.1, -0.05) is 60.2 Å². The summed E-state index contributed by atoms with van der Waals surface area (Å²) in [7, 11) is 2.24. The van der Waals surface area contributed by atoms with Crippen molar-refractivity contribution in [1.82, 2.24) is 4.90 Å². The molecule has 1 heteroatoms. The van der Waals surface area contributed by atoms with Crippen LogP contribution in [0.25, 0.3) is 5.57 Å². The maximum atomic E-state index is 2.46. The summed E-state index contributed by atoms with van der Waals surface area (Å²) >= 11 is 0. The molecule has 2 aliphatic rings. The fraction of sp³-hybridized carbons (Fsp3) is 0.333. The van der Waals surface area contributed by atoms with Gasteiger partial charge < -0.3 is 4.90 Å². The Hall–Kier alpha value is -1.86. The summed E-state index contributed by atoms with van der Waals surface area (Å²) in [5, 5.41) is 0. The molecule has 0 N–H and O–H groups in total. The van der Waals surface area contributed by atoms with E-state index in [9.17, 15) is 0 Å². The van der Waals surface area contributed by atoms with Crippen molar-refractivity contribution in [2.24, 2.45) is 5.92 Å². The van der Waals surface area contributed by atoms with Gasteiger partial charge in [-0.25, -0.2) is 0 Å². The molecule has 1 nitrogen and oxygen atoms in total. The van der Waals surface area contributed by atoms with Gasteiger partial charge in [-0.2, -0.15) is 0 Å². The lowest BCUT2D eigenvalue weighted by atomic mass is 9.84. The standard InChI is InChI=1S/C21H23N/c1-22-13-11-16(12-14-22)20-15-18-9-5-6-10-19(18)21(20)17-7-3-2-4-8-17/h2-10,16H,11-15H2,1H3. The van der Waals surface area contributed by atoms with Gasteiger partial charge in [-0.05, 0) is 67.6 Å². The van der Waals surface area contributed by atoms with E-state index in [-0.39, 0.29) is 0 Å². The molecule has 0 bridgehead atoms. The lowest BCUT2D eigenvalue weighted by Gasteiger charge is -2.30. The summed E-state index contributed by atoms with van der Waals surface area (Å²) in [4.78, 5) is 2.46. The summed E-state index contributed by atoms with van der Waals surface area (Å²) in [5.41, 5.74) is 7.56. The minimum absolute atomic E-state index is 0.749. The Bertz CT molecular complexity index is 691. The summed E-state index contributed by atoms with van der Waals surface area (Å²) in [5.74, 6) is 0.749. The minimum Gasteiger partial charge on any atom is -0.306 e. The average Bonchev–Trinajstić information content (AvgIpc) is 2.96. The van der Waals surface area contributed by atoms with Crippen LogP contribution in [-0.2, 0) is 6.42 Å². The third kappa shape index (κ3) is 2.40. The van der Waals surface area contributed by atoms with Crippen molar-refractivity contribution < 1.29 is 0 Å². The third-order valence-corrected chi connectivity index (χ3v) is 5.26. The van der Waals surface area contributed by atoms with Gasteiger partial charge >= 0.3 is 0 Å². The molecule has 4 rings (SSSR count). The zero-order chi connectivity index (χ0) is 14.9. The van der Waals surface area contributed by atoms with Crippen molar-refractivity contribution >= 4 is 5.57 Å². The van der Waals surface area contributed by atoms with E-state index in [1.54, 1.807) is 5.57 Å². The molecule has 0 spiro atoms. The number of hydrogen-bond acceptors (Lipinski definition) is 1. The van der Waals surface area contributed by atoms with Gasteiger partial charge in [-0.15, -0.1) is 0 Å². The van der Waals surface area contributed by atoms with E-state index in [1.165, 1.54) is 48.2 Å². The Labute approximate surface area is 133 Å². The number of nitrogens with zero attached hydrogens (tertiary/aromatic N) is 1. The van der Waals surface area contributed by atoms with E-state index in [1.807, 2.05) is 0 Å². The lowest BCUT2D eigenvalue weighted by Crippen LogP contribution is -2.31. The van der Waals surface area contributed by atoms with Crippen molar-refractivity contribution in [3.05, 3.63) is 76.9 Å². The number of piperidine rings is 1. The van der Waals surface area contributed by atoms with Crippen LogP contribution in [0.15, 0.2) is 60.2 Å². The van der Waals surface area contributed by atoms with Crippen LogP contribution >= 0.6 is 0 Å². The maximum absolute atomic E-state index is 2.46. The largest absolute Gasteiger partial charge is 0.306 e. The van der Waals surface area contributed by atoms with Crippen molar-refractivity contribution in [2.75, 3.05) is 20.1 Å². The van der Waals surface area contributed by atoms with Crippen molar-refractivity contribution in [2.45, 2.75) is 19.3 Å². The second-order valence-corrected chi connectivity index (χ2v) is 6.68. The first kappa shape index (κ1) is 13.8. The van der Waals surface area contributed by atoms with E-state index in [0.29, 0.717) is 0 Å². The Morgan fingerprint density at radius 1 is 0.864 bits per heavy atom. The van der Waals surface area contributed by atoms with Crippen LogP contribution in [0.3, 0.4) is 0 Å². The van der Waals surface area contributed by atoms with Crippen molar-refractivity contribution in [3.63, 3.8) is 0 Å². The molecule has 0 saturated carbocycles. The maximum Gasteiger partial charge on any atom is -0.00161 e. The number of likely N-dealkylation sites (tertiary alicyclic amines) is 1. The monoisotopic (exact) mass is 289 g/mol. The van der Waals surface area contributed by atoms with E-state index in [2.05, 4.69) is 66.5 Å². The lowest BCUT2D eigenvalue weighted by molar-refractivity contribution is 0.237. The van der Waals surface area contributed by atoms with Gasteiger partial charge in [0.1, 0.15) is 0 Å². The third-order valence-electron chi connectivity index (χ3n) is 5.26. The quantitative estimate of drug-likeness (QED) is 0.792. The molecular weight excluding hydrogens is 266 g/mol. The van der Waals surface area contributed by atoms with Crippen LogP contribution in [0.4, 0.5) is 0 Å². The van der Waals surface area contributed by atoms with Crippen molar-refractivity contribution in [1.29, 1.82) is 0 Å². The zero-order valence-corrected chi connectivity index (χ0v) is 13.3. The first-order chi connectivity index (χ1) is 10.8. The number of hydrogen-bond donors (Lipinski definition) is 0. The molecule has 1 fully saturated rings. The number of benzene rings is 2. The molecular formula is C21H23N. The second kappa shape index (κ2) is 5.73. The molecule has 2 aromatic rings. The molecule has 0 amide bonds. The van der Waals surface area contributed by atoms with Crippen LogP contribution in [0, 0.1) is 5.92 Å². The Balaban J connectivity index is 1.79. The molecule has 1 aliphatic heterocycles. The normalized spacial score (nSPS) is 19.5. The first-order valence-electron chi connectivity index (χ1n) is 8.38. The summed E-state index contributed by atoms with van der Waals surface area (Å²) < 4.78 is 0. The highest BCUT2D eigenvalue weighted by molar-refractivity contribution is 5.87. The van der Waals surface area contributed by atoms with Crippen LogP contribution in [-0.4, -0.2) is 25.0 Å². The predicted octanol–water partition coefficient (Wildman–Crippen LogP) is 4.39. The smallest absolute Gasteiger partial charge is 0.00161 e. The highest BCUT2D eigenvalue weighted by atomic mass is 15.1. The van der Waals surface area contributed by atoms with Gasteiger partial charge in [0.15, 0.2) is 0 Å². The number of allylic oxidation sites excluding steroid dienone is 1. The molecule has 1 aliphatic carbocycles. The molecule has 2 aromatic carbocycles. The molecule has 0 radical (unpaired) electrons. The fourth-order valence-corrected chi connectivity index (χ4v) is 4.04. The van der Waals surface area contributed by atoms with E-state index < -0.39 is 0 Å². The zero-order valence-electron chi connectivity index (χ0n) is 13.3.